The maximum Gasteiger partial charge on any atom is 0.339 e. The molecule has 2 rings (SSSR count). The summed E-state index contributed by atoms with van der Waals surface area (Å²) >= 11 is 0. The van der Waals surface area contributed by atoms with Crippen molar-refractivity contribution in [3.05, 3.63) is 23.6 Å². The highest BCUT2D eigenvalue weighted by Gasteiger charge is 2.29. The maximum atomic E-state index is 13.1. The third-order valence-corrected chi connectivity index (χ3v) is 3.59. The molecule has 2 atom stereocenters. The van der Waals surface area contributed by atoms with Gasteiger partial charge in [-0.05, 0) is 18.9 Å². The number of likely N-dealkylation sites (N-methyl/N-ethyl adjacent to an activating group) is 1. The lowest BCUT2D eigenvalue weighted by molar-refractivity contribution is 0.0694. The number of pyridine rings is 1. The average Bonchev–Trinajstić information content (AvgIpc) is 2.38. The molecule has 0 saturated heterocycles. The van der Waals surface area contributed by atoms with Crippen LogP contribution in [0.3, 0.4) is 0 Å². The number of nitrogens with zero attached hydrogens (tertiary/aromatic N) is 2. The van der Waals surface area contributed by atoms with E-state index in [0.29, 0.717) is 6.42 Å². The fourth-order valence-electron chi connectivity index (χ4n) is 2.57. The summed E-state index contributed by atoms with van der Waals surface area (Å²) in [6.45, 7) is 0. The summed E-state index contributed by atoms with van der Waals surface area (Å²) in [6, 6.07) is 0.779. The first-order valence-electron chi connectivity index (χ1n) is 6.30. The van der Waals surface area contributed by atoms with E-state index in [4.69, 9.17) is 5.11 Å². The predicted octanol–water partition coefficient (Wildman–Crippen LogP) is 1.66. The molecule has 0 aromatic carbocycles. The Morgan fingerprint density at radius 3 is 2.79 bits per heavy atom. The summed E-state index contributed by atoms with van der Waals surface area (Å²) in [7, 11) is 1.69. The number of hydrogen-bond donors (Lipinski definition) is 2. The van der Waals surface area contributed by atoms with Gasteiger partial charge in [-0.15, -0.1) is 0 Å². The monoisotopic (exact) mass is 268 g/mol. The van der Waals surface area contributed by atoms with Gasteiger partial charge in [0.2, 0.25) is 0 Å². The van der Waals surface area contributed by atoms with Gasteiger partial charge in [-0.3, -0.25) is 0 Å². The number of halogens is 1. The van der Waals surface area contributed by atoms with Crippen molar-refractivity contribution in [3.63, 3.8) is 0 Å². The molecule has 0 spiro atoms. The highest BCUT2D eigenvalue weighted by atomic mass is 19.1. The van der Waals surface area contributed by atoms with E-state index in [1.807, 2.05) is 0 Å². The van der Waals surface area contributed by atoms with E-state index in [1.165, 1.54) is 0 Å². The first kappa shape index (κ1) is 13.7. The SMILES string of the molecule is CN(c1ncc(F)cc1C(=O)O)C1CCCCC1O. The van der Waals surface area contributed by atoms with Gasteiger partial charge in [0.05, 0.1) is 18.3 Å². The van der Waals surface area contributed by atoms with Crippen molar-refractivity contribution in [1.82, 2.24) is 4.98 Å². The summed E-state index contributed by atoms with van der Waals surface area (Å²) in [5, 5.41) is 19.1. The molecule has 0 amide bonds. The van der Waals surface area contributed by atoms with E-state index in [-0.39, 0.29) is 17.4 Å². The van der Waals surface area contributed by atoms with E-state index >= 15 is 0 Å². The first-order valence-corrected chi connectivity index (χ1v) is 6.30. The van der Waals surface area contributed by atoms with Crippen molar-refractivity contribution in [1.29, 1.82) is 0 Å². The van der Waals surface area contributed by atoms with Gasteiger partial charge in [-0.25, -0.2) is 14.2 Å². The minimum Gasteiger partial charge on any atom is -0.478 e. The Morgan fingerprint density at radius 2 is 2.16 bits per heavy atom. The summed E-state index contributed by atoms with van der Waals surface area (Å²) < 4.78 is 13.1. The van der Waals surface area contributed by atoms with Crippen LogP contribution in [-0.4, -0.2) is 40.4 Å². The van der Waals surface area contributed by atoms with Crippen molar-refractivity contribution in [2.24, 2.45) is 0 Å². The molecule has 0 bridgehead atoms. The molecule has 2 N–H and O–H groups in total. The van der Waals surface area contributed by atoms with E-state index in [9.17, 15) is 14.3 Å². The van der Waals surface area contributed by atoms with Crippen LogP contribution in [0.15, 0.2) is 12.3 Å². The van der Waals surface area contributed by atoms with Crippen LogP contribution < -0.4 is 4.90 Å². The molecule has 19 heavy (non-hydrogen) atoms. The van der Waals surface area contributed by atoms with Crippen LogP contribution in [0.1, 0.15) is 36.0 Å². The number of rotatable bonds is 3. The second-order valence-corrected chi connectivity index (χ2v) is 4.86. The number of anilines is 1. The number of aliphatic hydroxyl groups is 1. The molecule has 1 saturated carbocycles. The average molecular weight is 268 g/mol. The molecular formula is C13H17FN2O3. The van der Waals surface area contributed by atoms with Gasteiger partial charge < -0.3 is 15.1 Å². The molecule has 1 aliphatic rings. The van der Waals surface area contributed by atoms with Crippen molar-refractivity contribution in [2.75, 3.05) is 11.9 Å². The van der Waals surface area contributed by atoms with Gasteiger partial charge in [-0.1, -0.05) is 12.8 Å². The molecule has 5 nitrogen and oxygen atoms in total. The summed E-state index contributed by atoms with van der Waals surface area (Å²) in [5.74, 6) is -1.71. The van der Waals surface area contributed by atoms with Crippen LogP contribution in [0.25, 0.3) is 0 Å². The van der Waals surface area contributed by atoms with Crippen molar-refractivity contribution in [3.8, 4) is 0 Å². The molecule has 1 heterocycles. The topological polar surface area (TPSA) is 73.7 Å². The van der Waals surface area contributed by atoms with Crippen LogP contribution in [0.4, 0.5) is 10.2 Å². The summed E-state index contributed by atoms with van der Waals surface area (Å²) in [6.07, 6.45) is 3.90. The minimum absolute atomic E-state index is 0.176. The van der Waals surface area contributed by atoms with Gasteiger partial charge >= 0.3 is 5.97 Å². The lowest BCUT2D eigenvalue weighted by atomic mass is 9.91. The van der Waals surface area contributed by atoms with E-state index in [2.05, 4.69) is 4.98 Å². The molecule has 1 aliphatic carbocycles. The highest BCUT2D eigenvalue weighted by Crippen LogP contribution is 2.27. The Balaban J connectivity index is 2.32. The number of hydrogen-bond acceptors (Lipinski definition) is 4. The molecule has 1 aromatic rings. The molecule has 0 aliphatic heterocycles. The highest BCUT2D eigenvalue weighted by molar-refractivity contribution is 5.93. The van der Waals surface area contributed by atoms with Gasteiger partial charge in [0.25, 0.3) is 0 Å². The summed E-state index contributed by atoms with van der Waals surface area (Å²) in [5.41, 5.74) is -0.180. The van der Waals surface area contributed by atoms with E-state index in [1.54, 1.807) is 11.9 Å². The van der Waals surface area contributed by atoms with Gasteiger partial charge in [0, 0.05) is 7.05 Å². The number of carboxylic acids is 1. The zero-order valence-corrected chi connectivity index (χ0v) is 10.7. The zero-order chi connectivity index (χ0) is 14.0. The van der Waals surface area contributed by atoms with Crippen molar-refractivity contribution in [2.45, 2.75) is 37.8 Å². The van der Waals surface area contributed by atoms with Crippen LogP contribution >= 0.6 is 0 Å². The Morgan fingerprint density at radius 1 is 1.47 bits per heavy atom. The minimum atomic E-state index is -1.22. The fourth-order valence-corrected chi connectivity index (χ4v) is 2.57. The maximum absolute atomic E-state index is 13.1. The number of carbonyl (C=O) groups is 1. The third kappa shape index (κ3) is 2.84. The van der Waals surface area contributed by atoms with E-state index < -0.39 is 17.9 Å². The Kier molecular flexibility index (Phi) is 3.99. The van der Waals surface area contributed by atoms with Crippen molar-refractivity contribution >= 4 is 11.8 Å². The smallest absolute Gasteiger partial charge is 0.339 e. The lowest BCUT2D eigenvalue weighted by Gasteiger charge is -2.36. The molecule has 2 unspecified atom stereocenters. The van der Waals surface area contributed by atoms with Gasteiger partial charge in [-0.2, -0.15) is 0 Å². The van der Waals surface area contributed by atoms with Crippen LogP contribution in [0, 0.1) is 5.82 Å². The largest absolute Gasteiger partial charge is 0.478 e. The standard InChI is InChI=1S/C13H17FN2O3/c1-16(10-4-2-3-5-11(10)17)12-9(13(18)19)6-8(14)7-15-12/h6-7,10-11,17H,2-5H2,1H3,(H,18,19). The Bertz CT molecular complexity index is 481. The molecule has 1 fully saturated rings. The lowest BCUT2D eigenvalue weighted by Crippen LogP contribution is -2.44. The zero-order valence-electron chi connectivity index (χ0n) is 10.7. The van der Waals surface area contributed by atoms with Gasteiger partial charge in [0.1, 0.15) is 17.2 Å². The molecular weight excluding hydrogens is 251 g/mol. The first-order chi connectivity index (χ1) is 9.00. The van der Waals surface area contributed by atoms with Crippen LogP contribution in [-0.2, 0) is 0 Å². The number of carboxylic acid groups (broad SMARTS) is 1. The third-order valence-electron chi connectivity index (χ3n) is 3.59. The molecule has 104 valence electrons. The molecule has 0 radical (unpaired) electrons. The molecule has 6 heteroatoms. The predicted molar refractivity (Wildman–Crippen MR) is 67.8 cm³/mol. The van der Waals surface area contributed by atoms with Crippen LogP contribution in [0.2, 0.25) is 0 Å². The van der Waals surface area contributed by atoms with Crippen molar-refractivity contribution < 1.29 is 19.4 Å². The fraction of sp³-hybridized carbons (Fsp3) is 0.538. The number of aromatic nitrogens is 1. The number of aliphatic hydroxyl groups excluding tert-OH is 1. The van der Waals surface area contributed by atoms with Gasteiger partial charge in [0.15, 0.2) is 0 Å². The van der Waals surface area contributed by atoms with E-state index in [0.717, 1.165) is 31.5 Å². The normalized spacial score (nSPS) is 23.1. The number of aromatic carboxylic acids is 1. The summed E-state index contributed by atoms with van der Waals surface area (Å²) in [4.78, 5) is 16.7. The Hall–Kier alpha value is -1.69. The molecule has 1 aromatic heterocycles. The quantitative estimate of drug-likeness (QED) is 0.872. The van der Waals surface area contributed by atoms with Crippen LogP contribution in [0.5, 0.6) is 0 Å². The second kappa shape index (κ2) is 5.52. The second-order valence-electron chi connectivity index (χ2n) is 4.86. The Labute approximate surface area is 110 Å².